The van der Waals surface area contributed by atoms with Crippen LogP contribution in [0.3, 0.4) is 0 Å². The molecule has 0 aromatic rings. The maximum atomic E-state index is 11.8. The van der Waals surface area contributed by atoms with Gasteiger partial charge in [-0.05, 0) is 12.8 Å². The number of nitrogens with one attached hydrogen (secondary N) is 1. The summed E-state index contributed by atoms with van der Waals surface area (Å²) >= 11 is 0. The van der Waals surface area contributed by atoms with Crippen LogP contribution in [0.25, 0.3) is 0 Å². The van der Waals surface area contributed by atoms with Gasteiger partial charge in [-0.25, -0.2) is 13.2 Å². The lowest BCUT2D eigenvalue weighted by molar-refractivity contribution is 0.0525. The molecule has 2 aliphatic heterocycles. The van der Waals surface area contributed by atoms with Crippen LogP contribution in [0.15, 0.2) is 0 Å². The van der Waals surface area contributed by atoms with E-state index in [1.165, 1.54) is 0 Å². The molecule has 2 saturated heterocycles. The van der Waals surface area contributed by atoms with E-state index < -0.39 is 9.84 Å². The molecule has 7 heteroatoms. The van der Waals surface area contributed by atoms with Crippen molar-refractivity contribution in [2.24, 2.45) is 0 Å². The van der Waals surface area contributed by atoms with E-state index >= 15 is 0 Å². The molecular formula is C10H18N2O4S. The molecule has 2 fully saturated rings. The van der Waals surface area contributed by atoms with E-state index in [9.17, 15) is 13.2 Å². The van der Waals surface area contributed by atoms with Crippen LogP contribution in [-0.4, -0.2) is 63.2 Å². The van der Waals surface area contributed by atoms with E-state index in [2.05, 4.69) is 5.32 Å². The molecule has 0 spiro atoms. The highest BCUT2D eigenvalue weighted by molar-refractivity contribution is 7.91. The lowest BCUT2D eigenvalue weighted by Gasteiger charge is -2.30. The highest BCUT2D eigenvalue weighted by Gasteiger charge is 2.27. The first-order valence-corrected chi connectivity index (χ1v) is 7.72. The molecule has 2 amide bonds. The number of rotatable bonds is 1. The maximum Gasteiger partial charge on any atom is 0.317 e. The fourth-order valence-electron chi connectivity index (χ4n) is 2.17. The van der Waals surface area contributed by atoms with Crippen molar-refractivity contribution in [1.29, 1.82) is 0 Å². The first-order valence-electron chi connectivity index (χ1n) is 5.90. The number of sulfone groups is 1. The largest absolute Gasteiger partial charge is 0.378 e. The van der Waals surface area contributed by atoms with Crippen LogP contribution in [0, 0.1) is 0 Å². The molecule has 98 valence electrons. The van der Waals surface area contributed by atoms with Crippen molar-refractivity contribution in [3.05, 3.63) is 0 Å². The second-order valence-corrected chi connectivity index (χ2v) is 6.73. The Morgan fingerprint density at radius 2 is 2.00 bits per heavy atom. The smallest absolute Gasteiger partial charge is 0.317 e. The van der Waals surface area contributed by atoms with Crippen molar-refractivity contribution in [2.75, 3.05) is 37.8 Å². The molecule has 1 unspecified atom stereocenters. The number of nitrogens with zero attached hydrogens (tertiary/aromatic N) is 1. The van der Waals surface area contributed by atoms with Crippen molar-refractivity contribution in [2.45, 2.75) is 18.9 Å². The molecule has 2 aliphatic rings. The third kappa shape index (κ3) is 3.57. The Morgan fingerprint density at radius 3 is 2.65 bits per heavy atom. The van der Waals surface area contributed by atoms with Gasteiger partial charge in [-0.15, -0.1) is 0 Å². The first kappa shape index (κ1) is 12.6. The quantitative estimate of drug-likeness (QED) is 0.698. The molecule has 0 aliphatic carbocycles. The Kier molecular flexibility index (Phi) is 3.88. The summed E-state index contributed by atoms with van der Waals surface area (Å²) in [6.07, 6.45) is 1.38. The Bertz CT molecular complexity index is 376. The molecular weight excluding hydrogens is 244 g/mol. The number of urea groups is 1. The third-order valence-corrected chi connectivity index (χ3v) is 4.91. The lowest BCUT2D eigenvalue weighted by Crippen LogP contribution is -2.51. The molecule has 0 aromatic carbocycles. The zero-order valence-electron chi connectivity index (χ0n) is 9.72. The Morgan fingerprint density at radius 1 is 1.29 bits per heavy atom. The number of hydrogen-bond acceptors (Lipinski definition) is 4. The number of ether oxygens (including phenoxy) is 1. The normalized spacial score (nSPS) is 28.7. The molecule has 0 aromatic heterocycles. The van der Waals surface area contributed by atoms with Crippen molar-refractivity contribution in [3.63, 3.8) is 0 Å². The highest BCUT2D eigenvalue weighted by Crippen LogP contribution is 2.12. The molecule has 2 rings (SSSR count). The average Bonchev–Trinajstić information content (AvgIpc) is 2.29. The summed E-state index contributed by atoms with van der Waals surface area (Å²) in [4.78, 5) is 13.5. The monoisotopic (exact) mass is 262 g/mol. The molecule has 1 atom stereocenters. The average molecular weight is 262 g/mol. The second-order valence-electron chi connectivity index (χ2n) is 4.50. The van der Waals surface area contributed by atoms with Crippen molar-refractivity contribution < 1.29 is 17.9 Å². The Hall–Kier alpha value is -0.820. The van der Waals surface area contributed by atoms with Gasteiger partial charge in [0.2, 0.25) is 0 Å². The number of carbonyl (C=O) groups is 1. The van der Waals surface area contributed by atoms with Crippen LogP contribution < -0.4 is 5.32 Å². The maximum absolute atomic E-state index is 11.8. The predicted octanol–water partition coefficient (Wildman–Crippen LogP) is -0.395. The molecule has 0 bridgehead atoms. The van der Waals surface area contributed by atoms with Crippen LogP contribution >= 0.6 is 0 Å². The summed E-state index contributed by atoms with van der Waals surface area (Å²) < 4.78 is 28.0. The van der Waals surface area contributed by atoms with E-state index in [1.807, 2.05) is 0 Å². The Balaban J connectivity index is 1.85. The summed E-state index contributed by atoms with van der Waals surface area (Å²) in [6.45, 7) is 2.25. The zero-order chi connectivity index (χ0) is 12.3. The van der Waals surface area contributed by atoms with Crippen molar-refractivity contribution in [1.82, 2.24) is 10.2 Å². The van der Waals surface area contributed by atoms with E-state index in [0.29, 0.717) is 32.7 Å². The molecule has 1 N–H and O–H groups in total. The van der Waals surface area contributed by atoms with Crippen molar-refractivity contribution in [3.8, 4) is 0 Å². The van der Waals surface area contributed by atoms with Gasteiger partial charge in [0.25, 0.3) is 0 Å². The van der Waals surface area contributed by atoms with Crippen LogP contribution in [-0.2, 0) is 14.6 Å². The number of hydrogen-bond donors (Lipinski definition) is 1. The summed E-state index contributed by atoms with van der Waals surface area (Å²) in [5.74, 6) is 0.319. The van der Waals surface area contributed by atoms with E-state index in [0.717, 1.165) is 6.42 Å². The Labute approximate surface area is 101 Å². The summed E-state index contributed by atoms with van der Waals surface area (Å²) in [6, 6.07) is -0.403. The molecule has 0 radical (unpaired) electrons. The summed E-state index contributed by atoms with van der Waals surface area (Å²) in [7, 11) is -2.97. The van der Waals surface area contributed by atoms with Gasteiger partial charge < -0.3 is 15.0 Å². The lowest BCUT2D eigenvalue weighted by atomic mass is 10.2. The number of morpholine rings is 1. The van der Waals surface area contributed by atoms with E-state index in [-0.39, 0.29) is 23.6 Å². The topological polar surface area (TPSA) is 75.7 Å². The standard InChI is InChI=1S/C10H18N2O4S/c13-10(12-3-5-16-6-4-12)11-9-2-1-7-17(14,15)8-9/h9H,1-8H2,(H,11,13). The molecule has 17 heavy (non-hydrogen) atoms. The number of amides is 2. The van der Waals surface area contributed by atoms with Crippen LogP contribution in [0.5, 0.6) is 0 Å². The van der Waals surface area contributed by atoms with Crippen LogP contribution in [0.4, 0.5) is 4.79 Å². The van der Waals surface area contributed by atoms with Gasteiger partial charge in [-0.2, -0.15) is 0 Å². The summed E-state index contributed by atoms with van der Waals surface area (Å²) in [5.41, 5.74) is 0. The zero-order valence-corrected chi connectivity index (χ0v) is 10.5. The molecule has 0 saturated carbocycles. The van der Waals surface area contributed by atoms with Crippen molar-refractivity contribution >= 4 is 15.9 Å². The van der Waals surface area contributed by atoms with Gasteiger partial charge in [0.1, 0.15) is 0 Å². The van der Waals surface area contributed by atoms with Gasteiger partial charge in [-0.3, -0.25) is 0 Å². The molecule has 2 heterocycles. The second kappa shape index (κ2) is 5.22. The minimum atomic E-state index is -2.97. The van der Waals surface area contributed by atoms with Gasteiger partial charge in [-0.1, -0.05) is 0 Å². The fraction of sp³-hybridized carbons (Fsp3) is 0.900. The van der Waals surface area contributed by atoms with Gasteiger partial charge >= 0.3 is 6.03 Å². The first-order chi connectivity index (χ1) is 8.07. The number of carbonyl (C=O) groups excluding carboxylic acids is 1. The predicted molar refractivity (Wildman–Crippen MR) is 62.6 cm³/mol. The summed E-state index contributed by atoms with van der Waals surface area (Å²) in [5, 5.41) is 2.80. The fourth-order valence-corrected chi connectivity index (χ4v) is 3.81. The minimum Gasteiger partial charge on any atom is -0.378 e. The van der Waals surface area contributed by atoms with Crippen LogP contribution in [0.1, 0.15) is 12.8 Å². The van der Waals surface area contributed by atoms with Gasteiger partial charge in [0, 0.05) is 19.1 Å². The van der Waals surface area contributed by atoms with E-state index in [1.54, 1.807) is 4.90 Å². The van der Waals surface area contributed by atoms with Gasteiger partial charge in [0.05, 0.1) is 24.7 Å². The third-order valence-electron chi connectivity index (χ3n) is 3.09. The van der Waals surface area contributed by atoms with Crippen LogP contribution in [0.2, 0.25) is 0 Å². The highest BCUT2D eigenvalue weighted by atomic mass is 32.2. The SMILES string of the molecule is O=C(NC1CCCS(=O)(=O)C1)N1CCOCC1. The minimum absolute atomic E-state index is 0.0725. The van der Waals surface area contributed by atoms with E-state index in [4.69, 9.17) is 4.74 Å². The van der Waals surface area contributed by atoms with Gasteiger partial charge in [0.15, 0.2) is 9.84 Å². The molecule has 6 nitrogen and oxygen atoms in total.